The highest BCUT2D eigenvalue weighted by Crippen LogP contribution is 2.15. The summed E-state index contributed by atoms with van der Waals surface area (Å²) < 4.78 is 28.8. The number of benzene rings is 2. The fourth-order valence-electron chi connectivity index (χ4n) is 2.33. The number of aryl methyl sites for hydroxylation is 1. The van der Waals surface area contributed by atoms with Crippen LogP contribution in [0.2, 0.25) is 0 Å². The van der Waals surface area contributed by atoms with Gasteiger partial charge >= 0.3 is 0 Å². The molecule has 0 aliphatic heterocycles. The largest absolute Gasteiger partial charge is 0.361 e. The SMILES string of the molecule is Cc1ccc(S(=O)(=O)OCC(=O)NN=Cc2cccc3[nH]ccc23)cc1. The van der Waals surface area contributed by atoms with E-state index in [0.29, 0.717) is 0 Å². The second kappa shape index (κ2) is 7.51. The van der Waals surface area contributed by atoms with Gasteiger partial charge in [0.05, 0.1) is 11.1 Å². The van der Waals surface area contributed by atoms with Crippen LogP contribution in [-0.2, 0) is 19.1 Å². The van der Waals surface area contributed by atoms with E-state index in [-0.39, 0.29) is 4.90 Å². The predicted molar refractivity (Wildman–Crippen MR) is 98.4 cm³/mol. The van der Waals surface area contributed by atoms with Gasteiger partial charge in [0.2, 0.25) is 0 Å². The average molecular weight is 371 g/mol. The lowest BCUT2D eigenvalue weighted by Gasteiger charge is -2.05. The molecule has 3 rings (SSSR count). The molecule has 0 aliphatic rings. The van der Waals surface area contributed by atoms with Gasteiger partial charge in [0.25, 0.3) is 16.0 Å². The molecule has 0 aliphatic carbocycles. The van der Waals surface area contributed by atoms with Crippen LogP contribution in [0.5, 0.6) is 0 Å². The third-order valence-corrected chi connectivity index (χ3v) is 4.95. The minimum Gasteiger partial charge on any atom is -0.361 e. The second-order valence-corrected chi connectivity index (χ2v) is 7.22. The summed E-state index contributed by atoms with van der Waals surface area (Å²) in [6, 6.07) is 13.7. The van der Waals surface area contributed by atoms with Crippen molar-refractivity contribution in [2.75, 3.05) is 6.61 Å². The third kappa shape index (κ3) is 4.16. The molecular formula is C18H17N3O4S. The zero-order valence-electron chi connectivity index (χ0n) is 14.0. The van der Waals surface area contributed by atoms with Crippen LogP contribution in [0.3, 0.4) is 0 Å². The van der Waals surface area contributed by atoms with E-state index in [4.69, 9.17) is 4.18 Å². The molecular weight excluding hydrogens is 354 g/mol. The van der Waals surface area contributed by atoms with E-state index < -0.39 is 22.6 Å². The van der Waals surface area contributed by atoms with Gasteiger partial charge in [-0.15, -0.1) is 0 Å². The Balaban J connectivity index is 1.57. The average Bonchev–Trinajstić information content (AvgIpc) is 3.10. The highest BCUT2D eigenvalue weighted by atomic mass is 32.2. The van der Waals surface area contributed by atoms with Gasteiger partial charge in [0, 0.05) is 22.7 Å². The number of hydrogen-bond donors (Lipinski definition) is 2. The number of amides is 1. The fraction of sp³-hybridized carbons (Fsp3) is 0.111. The first-order chi connectivity index (χ1) is 12.5. The molecule has 0 radical (unpaired) electrons. The summed E-state index contributed by atoms with van der Waals surface area (Å²) in [6.45, 7) is 1.19. The van der Waals surface area contributed by atoms with E-state index in [1.165, 1.54) is 18.3 Å². The third-order valence-electron chi connectivity index (χ3n) is 3.68. The van der Waals surface area contributed by atoms with Gasteiger partial charge in [-0.2, -0.15) is 13.5 Å². The first-order valence-electron chi connectivity index (χ1n) is 7.80. The van der Waals surface area contributed by atoms with E-state index in [9.17, 15) is 13.2 Å². The van der Waals surface area contributed by atoms with Crippen LogP contribution in [0.4, 0.5) is 0 Å². The van der Waals surface area contributed by atoms with Crippen LogP contribution in [0.1, 0.15) is 11.1 Å². The molecule has 0 saturated carbocycles. The van der Waals surface area contributed by atoms with Crippen molar-refractivity contribution >= 4 is 33.1 Å². The summed E-state index contributed by atoms with van der Waals surface area (Å²) in [5, 5.41) is 4.80. The number of nitrogens with one attached hydrogen (secondary N) is 2. The Morgan fingerprint density at radius 1 is 1.19 bits per heavy atom. The minimum atomic E-state index is -3.99. The second-order valence-electron chi connectivity index (χ2n) is 5.61. The summed E-state index contributed by atoms with van der Waals surface area (Å²) in [5.74, 6) is -0.668. The molecule has 0 spiro atoms. The molecule has 0 fully saturated rings. The molecule has 8 heteroatoms. The predicted octanol–water partition coefficient (Wildman–Crippen LogP) is 2.33. The molecule has 3 aromatic rings. The molecule has 7 nitrogen and oxygen atoms in total. The van der Waals surface area contributed by atoms with E-state index in [2.05, 4.69) is 15.5 Å². The van der Waals surface area contributed by atoms with Crippen molar-refractivity contribution in [3.8, 4) is 0 Å². The van der Waals surface area contributed by atoms with E-state index in [1.807, 2.05) is 37.4 Å². The van der Waals surface area contributed by atoms with E-state index in [1.54, 1.807) is 12.1 Å². The molecule has 1 aromatic heterocycles. The lowest BCUT2D eigenvalue weighted by atomic mass is 10.1. The topological polar surface area (TPSA) is 101 Å². The molecule has 134 valence electrons. The number of carbonyl (C=O) groups is 1. The highest BCUT2D eigenvalue weighted by Gasteiger charge is 2.16. The molecule has 0 saturated heterocycles. The number of carbonyl (C=O) groups excluding carboxylic acids is 1. The quantitative estimate of drug-likeness (QED) is 0.394. The molecule has 2 N–H and O–H groups in total. The smallest absolute Gasteiger partial charge is 0.297 e. The van der Waals surface area contributed by atoms with Crippen LogP contribution >= 0.6 is 0 Å². The lowest BCUT2D eigenvalue weighted by molar-refractivity contribution is -0.122. The summed E-state index contributed by atoms with van der Waals surface area (Å²) in [7, 11) is -3.99. The number of fused-ring (bicyclic) bond motifs is 1. The molecule has 0 atom stereocenters. The number of aromatic nitrogens is 1. The zero-order valence-corrected chi connectivity index (χ0v) is 14.8. The van der Waals surface area contributed by atoms with Gasteiger partial charge in [0.15, 0.2) is 0 Å². The Labute approximate surface area is 150 Å². The Hall–Kier alpha value is -2.97. The van der Waals surface area contributed by atoms with Gasteiger partial charge in [-0.25, -0.2) is 5.43 Å². The summed E-state index contributed by atoms with van der Waals surface area (Å²) in [6.07, 6.45) is 3.30. The summed E-state index contributed by atoms with van der Waals surface area (Å²) in [4.78, 5) is 14.8. The van der Waals surface area contributed by atoms with Gasteiger partial charge in [0.1, 0.15) is 6.61 Å². The van der Waals surface area contributed by atoms with Crippen LogP contribution in [0, 0.1) is 6.92 Å². The standard InChI is InChI=1S/C18H17N3O4S/c1-13-5-7-15(8-6-13)26(23,24)25-12-18(22)21-20-11-14-3-2-4-17-16(14)9-10-19-17/h2-11,19H,12H2,1H3,(H,21,22). The number of hydrazone groups is 1. The molecule has 2 aromatic carbocycles. The number of H-pyrrole nitrogens is 1. The fourth-order valence-corrected chi connectivity index (χ4v) is 3.20. The zero-order chi connectivity index (χ0) is 18.6. The van der Waals surface area contributed by atoms with Gasteiger partial charge < -0.3 is 4.98 Å². The lowest BCUT2D eigenvalue weighted by Crippen LogP contribution is -2.25. The normalized spacial score (nSPS) is 11.9. The highest BCUT2D eigenvalue weighted by molar-refractivity contribution is 7.86. The Bertz CT molecular complexity index is 1050. The van der Waals surface area contributed by atoms with Crippen molar-refractivity contribution in [1.82, 2.24) is 10.4 Å². The monoisotopic (exact) mass is 371 g/mol. The van der Waals surface area contributed by atoms with Crippen LogP contribution in [0.25, 0.3) is 10.9 Å². The maximum atomic E-state index is 12.0. The minimum absolute atomic E-state index is 0.00135. The maximum Gasteiger partial charge on any atom is 0.297 e. The van der Waals surface area contributed by atoms with E-state index in [0.717, 1.165) is 22.0 Å². The van der Waals surface area contributed by atoms with E-state index >= 15 is 0 Å². The van der Waals surface area contributed by atoms with Crippen molar-refractivity contribution in [2.24, 2.45) is 5.10 Å². The van der Waals surface area contributed by atoms with Crippen LogP contribution in [0.15, 0.2) is 64.7 Å². The summed E-state index contributed by atoms with van der Waals surface area (Å²) >= 11 is 0. The van der Waals surface area contributed by atoms with Gasteiger partial charge in [-0.3, -0.25) is 8.98 Å². The van der Waals surface area contributed by atoms with Crippen molar-refractivity contribution in [3.05, 3.63) is 65.9 Å². The van der Waals surface area contributed by atoms with Gasteiger partial charge in [-0.05, 0) is 31.2 Å². The molecule has 0 unspecified atom stereocenters. The molecule has 26 heavy (non-hydrogen) atoms. The van der Waals surface area contributed by atoms with Crippen molar-refractivity contribution in [1.29, 1.82) is 0 Å². The Morgan fingerprint density at radius 3 is 2.73 bits per heavy atom. The Kier molecular flexibility index (Phi) is 5.15. The van der Waals surface area contributed by atoms with Crippen LogP contribution in [-0.4, -0.2) is 32.1 Å². The van der Waals surface area contributed by atoms with Gasteiger partial charge in [-0.1, -0.05) is 29.8 Å². The van der Waals surface area contributed by atoms with Crippen molar-refractivity contribution < 1.29 is 17.4 Å². The molecule has 0 bridgehead atoms. The molecule has 1 heterocycles. The number of hydrogen-bond acceptors (Lipinski definition) is 5. The maximum absolute atomic E-state index is 12.0. The number of nitrogens with zero attached hydrogens (tertiary/aromatic N) is 1. The summed E-state index contributed by atoms with van der Waals surface area (Å²) in [5.41, 5.74) is 4.95. The molecule has 1 amide bonds. The first kappa shape index (κ1) is 17.8. The number of rotatable bonds is 6. The number of aromatic amines is 1. The van der Waals surface area contributed by atoms with Crippen LogP contribution < -0.4 is 5.43 Å². The van der Waals surface area contributed by atoms with Crippen molar-refractivity contribution in [3.63, 3.8) is 0 Å². The Morgan fingerprint density at radius 2 is 1.96 bits per heavy atom. The first-order valence-corrected chi connectivity index (χ1v) is 9.21. The van der Waals surface area contributed by atoms with Crippen molar-refractivity contribution in [2.45, 2.75) is 11.8 Å².